The zero-order valence-corrected chi connectivity index (χ0v) is 22.9. The van der Waals surface area contributed by atoms with Crippen LogP contribution in [0.5, 0.6) is 5.88 Å². The van der Waals surface area contributed by atoms with Crippen LogP contribution in [0.4, 0.5) is 29.3 Å². The molecule has 1 unspecified atom stereocenters. The molecule has 2 fully saturated rings. The van der Waals surface area contributed by atoms with Crippen molar-refractivity contribution < 1.29 is 22.7 Å². The molecule has 1 aliphatic carbocycles. The minimum Gasteiger partial charge on any atom is -0.480 e. The molecule has 2 aromatic heterocycles. The van der Waals surface area contributed by atoms with E-state index in [2.05, 4.69) is 15.0 Å². The second kappa shape index (κ2) is 10.0. The van der Waals surface area contributed by atoms with E-state index in [-0.39, 0.29) is 36.3 Å². The third-order valence-corrected chi connectivity index (χ3v) is 8.37. The van der Waals surface area contributed by atoms with E-state index < -0.39 is 11.7 Å². The van der Waals surface area contributed by atoms with Crippen LogP contribution in [0, 0.1) is 6.92 Å². The van der Waals surface area contributed by atoms with Gasteiger partial charge in [-0.2, -0.15) is 18.3 Å². The van der Waals surface area contributed by atoms with Crippen molar-refractivity contribution in [2.24, 2.45) is 0 Å². The molecule has 1 saturated carbocycles. The van der Waals surface area contributed by atoms with Crippen LogP contribution >= 0.6 is 0 Å². The van der Waals surface area contributed by atoms with E-state index in [1.807, 2.05) is 29.5 Å². The molecular formula is C29H33F3N6O2. The highest BCUT2D eigenvalue weighted by molar-refractivity contribution is 5.95. The number of urea groups is 1. The van der Waals surface area contributed by atoms with Crippen LogP contribution in [-0.4, -0.2) is 51.9 Å². The summed E-state index contributed by atoms with van der Waals surface area (Å²) in [5.41, 5.74) is 2.88. The number of amides is 2. The second-order valence-corrected chi connectivity index (χ2v) is 10.9. The predicted octanol–water partition coefficient (Wildman–Crippen LogP) is 6.12. The molecule has 3 aromatic rings. The maximum atomic E-state index is 14.2. The highest BCUT2D eigenvalue weighted by Gasteiger charge is 2.45. The highest BCUT2D eigenvalue weighted by atomic mass is 19.4. The molecule has 40 heavy (non-hydrogen) atoms. The van der Waals surface area contributed by atoms with E-state index >= 15 is 0 Å². The summed E-state index contributed by atoms with van der Waals surface area (Å²) in [6.07, 6.45) is 2.32. The average molecular weight is 555 g/mol. The molecule has 0 radical (unpaired) electrons. The van der Waals surface area contributed by atoms with Crippen LogP contribution in [0.15, 0.2) is 42.7 Å². The first-order chi connectivity index (χ1) is 19.2. The number of hydrogen-bond acceptors (Lipinski definition) is 5. The Labute approximate surface area is 231 Å². The van der Waals surface area contributed by atoms with E-state index in [1.54, 1.807) is 25.6 Å². The van der Waals surface area contributed by atoms with Crippen LogP contribution in [0.1, 0.15) is 67.1 Å². The summed E-state index contributed by atoms with van der Waals surface area (Å²) >= 11 is 0. The average Bonchev–Trinajstić information content (AvgIpc) is 3.69. The number of carbonyl (C=O) groups excluding carboxylic acids is 1. The van der Waals surface area contributed by atoms with E-state index in [4.69, 9.17) is 4.74 Å². The van der Waals surface area contributed by atoms with Gasteiger partial charge >= 0.3 is 12.2 Å². The number of piperidine rings is 1. The van der Waals surface area contributed by atoms with Gasteiger partial charge in [-0.15, -0.1) is 0 Å². The van der Waals surface area contributed by atoms with Gasteiger partial charge in [0.15, 0.2) is 0 Å². The number of pyridine rings is 1. The molecule has 8 nitrogen and oxygen atoms in total. The van der Waals surface area contributed by atoms with Gasteiger partial charge in [-0.25, -0.2) is 9.78 Å². The Morgan fingerprint density at radius 2 is 1.77 bits per heavy atom. The maximum Gasteiger partial charge on any atom is 0.416 e. The summed E-state index contributed by atoms with van der Waals surface area (Å²) in [6, 6.07) is 7.12. The zero-order chi connectivity index (χ0) is 28.2. The van der Waals surface area contributed by atoms with Crippen molar-refractivity contribution in [1.82, 2.24) is 19.7 Å². The van der Waals surface area contributed by atoms with Crippen molar-refractivity contribution in [1.29, 1.82) is 0 Å². The first-order valence-corrected chi connectivity index (χ1v) is 13.8. The van der Waals surface area contributed by atoms with Crippen molar-refractivity contribution in [3.05, 3.63) is 65.1 Å². The van der Waals surface area contributed by atoms with Gasteiger partial charge in [-0.3, -0.25) is 9.58 Å². The van der Waals surface area contributed by atoms with Crippen molar-refractivity contribution in [2.75, 3.05) is 30.0 Å². The number of benzene rings is 1. The second-order valence-electron chi connectivity index (χ2n) is 10.9. The Morgan fingerprint density at radius 1 is 1.05 bits per heavy atom. The lowest BCUT2D eigenvalue weighted by molar-refractivity contribution is -0.138. The fourth-order valence-corrected chi connectivity index (χ4v) is 6.28. The standard InChI is InChI=1S/C29H33F3N6O2/c1-18-10-13-33-27(40-3)25(18)35-14-11-21(12-15-35)37-19(2)26-24(16-34-38(26)22-8-9-22)36(28(37)39)17-20-6-4-5-7-23(20)29(30,31)32/h4-7,10,13,16,19,21-22H,8-9,11-12,14-15,17H2,1-3H3. The number of carbonyl (C=O) groups is 1. The highest BCUT2D eigenvalue weighted by Crippen LogP contribution is 2.46. The number of aryl methyl sites for hydroxylation is 1. The van der Waals surface area contributed by atoms with Crippen molar-refractivity contribution in [3.8, 4) is 5.88 Å². The first-order valence-electron chi connectivity index (χ1n) is 13.8. The van der Waals surface area contributed by atoms with Gasteiger partial charge < -0.3 is 14.5 Å². The number of aromatic nitrogens is 3. The van der Waals surface area contributed by atoms with Gasteiger partial charge in [0, 0.05) is 25.3 Å². The molecule has 2 amide bonds. The van der Waals surface area contributed by atoms with Crippen molar-refractivity contribution >= 4 is 17.4 Å². The largest absolute Gasteiger partial charge is 0.480 e. The molecule has 1 aromatic carbocycles. The SMILES string of the molecule is COc1nccc(C)c1N1CCC(N2C(=O)N(Cc3ccccc3C(F)(F)F)c3cnn(C4CC4)c3C2C)CC1. The molecule has 212 valence electrons. The molecule has 1 atom stereocenters. The van der Waals surface area contributed by atoms with Gasteiger partial charge in [0.05, 0.1) is 48.9 Å². The first kappa shape index (κ1) is 26.5. The minimum atomic E-state index is -4.51. The van der Waals surface area contributed by atoms with E-state index in [9.17, 15) is 18.0 Å². The fourth-order valence-electron chi connectivity index (χ4n) is 6.28. The monoisotopic (exact) mass is 554 g/mol. The smallest absolute Gasteiger partial charge is 0.416 e. The van der Waals surface area contributed by atoms with Crippen molar-refractivity contribution in [3.63, 3.8) is 0 Å². The summed E-state index contributed by atoms with van der Waals surface area (Å²) in [5.74, 6) is 0.577. The third kappa shape index (κ3) is 4.54. The van der Waals surface area contributed by atoms with E-state index in [0.717, 1.165) is 35.9 Å². The summed E-state index contributed by atoms with van der Waals surface area (Å²) in [7, 11) is 1.61. The van der Waals surface area contributed by atoms with E-state index in [1.165, 1.54) is 17.0 Å². The van der Waals surface area contributed by atoms with Crippen molar-refractivity contribution in [2.45, 2.75) is 70.4 Å². The number of alkyl halides is 3. The normalized spacial score (nSPS) is 20.2. The minimum absolute atomic E-state index is 0.0666. The number of anilines is 2. The van der Waals surface area contributed by atoms with Crippen LogP contribution in [0.3, 0.4) is 0 Å². The number of hydrogen-bond donors (Lipinski definition) is 0. The number of methoxy groups -OCH3 is 1. The Hall–Kier alpha value is -3.76. The summed E-state index contributed by atoms with van der Waals surface area (Å²) in [5, 5.41) is 4.61. The topological polar surface area (TPSA) is 66.7 Å². The molecule has 2 aliphatic heterocycles. The summed E-state index contributed by atoms with van der Waals surface area (Å²) in [6.45, 7) is 5.27. The number of nitrogens with zero attached hydrogens (tertiary/aromatic N) is 6. The number of fused-ring (bicyclic) bond motifs is 1. The number of rotatable bonds is 6. The molecule has 11 heteroatoms. The Bertz CT molecular complexity index is 1410. The molecule has 1 saturated heterocycles. The van der Waals surface area contributed by atoms with Crippen LogP contribution < -0.4 is 14.5 Å². The van der Waals surface area contributed by atoms with Gasteiger partial charge in [-0.05, 0) is 62.8 Å². The van der Waals surface area contributed by atoms with Gasteiger partial charge in [0.1, 0.15) is 5.69 Å². The van der Waals surface area contributed by atoms with Crippen LogP contribution in [0.2, 0.25) is 0 Å². The molecule has 0 spiro atoms. The Balaban J connectivity index is 1.31. The Kier molecular flexibility index (Phi) is 6.62. The zero-order valence-electron chi connectivity index (χ0n) is 22.9. The molecule has 0 bridgehead atoms. The lowest BCUT2D eigenvalue weighted by Gasteiger charge is -2.47. The predicted molar refractivity (Wildman–Crippen MR) is 145 cm³/mol. The summed E-state index contributed by atoms with van der Waals surface area (Å²) in [4.78, 5) is 24.1. The molecular weight excluding hydrogens is 521 g/mol. The molecule has 6 rings (SSSR count). The van der Waals surface area contributed by atoms with Gasteiger partial charge in [0.2, 0.25) is 5.88 Å². The maximum absolute atomic E-state index is 14.2. The van der Waals surface area contributed by atoms with Crippen LogP contribution in [-0.2, 0) is 12.7 Å². The molecule has 4 heterocycles. The quantitative estimate of drug-likeness (QED) is 0.367. The number of ether oxygens (including phenoxy) is 1. The fraction of sp³-hybridized carbons (Fsp3) is 0.483. The summed E-state index contributed by atoms with van der Waals surface area (Å²) < 4.78 is 49.1. The molecule has 0 N–H and O–H groups in total. The Morgan fingerprint density at radius 3 is 2.45 bits per heavy atom. The van der Waals surface area contributed by atoms with E-state index in [0.29, 0.717) is 37.5 Å². The van der Waals surface area contributed by atoms with Crippen LogP contribution in [0.25, 0.3) is 0 Å². The number of halogens is 3. The lowest BCUT2D eigenvalue weighted by atomic mass is 9.97. The molecule has 3 aliphatic rings. The van der Waals surface area contributed by atoms with Gasteiger partial charge in [0.25, 0.3) is 0 Å². The third-order valence-electron chi connectivity index (χ3n) is 8.37. The lowest BCUT2D eigenvalue weighted by Crippen LogP contribution is -2.55. The van der Waals surface area contributed by atoms with Gasteiger partial charge in [-0.1, -0.05) is 18.2 Å².